The lowest BCUT2D eigenvalue weighted by Gasteiger charge is -2.07. The number of aromatic amines is 1. The molecule has 0 saturated carbocycles. The number of benzene rings is 2. The Balaban J connectivity index is 1.33. The number of halogens is 1. The number of aromatic nitrogens is 4. The van der Waals surface area contributed by atoms with Crippen LogP contribution in [0.3, 0.4) is 0 Å². The first-order chi connectivity index (χ1) is 15.6. The molecule has 0 atom stereocenters. The second-order valence-corrected chi connectivity index (χ2v) is 7.74. The van der Waals surface area contributed by atoms with Crippen molar-refractivity contribution in [2.75, 3.05) is 7.11 Å². The van der Waals surface area contributed by atoms with Crippen molar-refractivity contribution in [2.24, 2.45) is 0 Å². The van der Waals surface area contributed by atoms with E-state index in [9.17, 15) is 9.18 Å². The molecule has 0 unspecified atom stereocenters. The molecular formula is C23H19FN4O3S. The van der Waals surface area contributed by atoms with E-state index >= 15 is 0 Å². The molecule has 0 fully saturated rings. The van der Waals surface area contributed by atoms with Crippen LogP contribution >= 0.6 is 11.8 Å². The third kappa shape index (κ3) is 5.70. The minimum Gasteiger partial charge on any atom is -0.467 e. The number of nitrogens with zero attached hydrogens (tertiary/aromatic N) is 3. The SMILES string of the molecule is COc1ncc(Cc2c[nH]c(SCc3ccc(Oc4ccc(F)cc4)cc3)nc2=O)cn1. The number of hydrogen-bond donors (Lipinski definition) is 1. The summed E-state index contributed by atoms with van der Waals surface area (Å²) in [6.07, 6.45) is 5.29. The summed E-state index contributed by atoms with van der Waals surface area (Å²) < 4.78 is 23.6. The minimum absolute atomic E-state index is 0.280. The van der Waals surface area contributed by atoms with Gasteiger partial charge in [-0.15, -0.1) is 0 Å². The van der Waals surface area contributed by atoms with E-state index in [2.05, 4.69) is 19.9 Å². The van der Waals surface area contributed by atoms with E-state index in [-0.39, 0.29) is 17.4 Å². The summed E-state index contributed by atoms with van der Waals surface area (Å²) in [6.45, 7) is 0. The highest BCUT2D eigenvalue weighted by Crippen LogP contribution is 2.24. The van der Waals surface area contributed by atoms with E-state index in [4.69, 9.17) is 9.47 Å². The van der Waals surface area contributed by atoms with Crippen LogP contribution in [0.2, 0.25) is 0 Å². The molecule has 0 amide bonds. The topological polar surface area (TPSA) is 90.0 Å². The van der Waals surface area contributed by atoms with Gasteiger partial charge in [0.05, 0.1) is 7.11 Å². The van der Waals surface area contributed by atoms with Gasteiger partial charge in [0, 0.05) is 36.3 Å². The quantitative estimate of drug-likeness (QED) is 0.315. The Morgan fingerprint density at radius 1 is 0.969 bits per heavy atom. The average molecular weight is 450 g/mol. The largest absolute Gasteiger partial charge is 0.467 e. The molecule has 1 N–H and O–H groups in total. The van der Waals surface area contributed by atoms with Crippen molar-refractivity contribution in [3.05, 3.63) is 100.0 Å². The lowest BCUT2D eigenvalue weighted by atomic mass is 10.1. The molecule has 0 aliphatic rings. The molecule has 4 rings (SSSR count). The highest BCUT2D eigenvalue weighted by Gasteiger charge is 2.07. The first-order valence-electron chi connectivity index (χ1n) is 9.68. The van der Waals surface area contributed by atoms with E-state index in [0.29, 0.717) is 34.4 Å². The highest BCUT2D eigenvalue weighted by molar-refractivity contribution is 7.98. The average Bonchev–Trinajstić information content (AvgIpc) is 2.82. The Bertz CT molecular complexity index is 1230. The van der Waals surface area contributed by atoms with E-state index in [1.807, 2.05) is 24.3 Å². The summed E-state index contributed by atoms with van der Waals surface area (Å²) in [5, 5.41) is 0.538. The Kier molecular flexibility index (Phi) is 6.76. The lowest BCUT2D eigenvalue weighted by Crippen LogP contribution is -2.15. The first-order valence-corrected chi connectivity index (χ1v) is 10.7. The standard InChI is InChI=1S/C23H19FN4O3S/c1-30-22-25-11-16(12-26-22)10-17-13-27-23(28-21(17)29)32-14-15-2-6-19(7-3-15)31-20-8-4-18(24)5-9-20/h2-9,11-13H,10,14H2,1H3,(H,27,28,29). The maximum Gasteiger partial charge on any atom is 0.316 e. The molecule has 2 aromatic heterocycles. The smallest absolute Gasteiger partial charge is 0.316 e. The molecule has 7 nitrogen and oxygen atoms in total. The van der Waals surface area contributed by atoms with E-state index < -0.39 is 0 Å². The molecule has 0 aliphatic carbocycles. The van der Waals surface area contributed by atoms with Crippen LogP contribution in [0, 0.1) is 5.82 Å². The van der Waals surface area contributed by atoms with Gasteiger partial charge in [-0.3, -0.25) is 4.79 Å². The molecule has 9 heteroatoms. The molecule has 0 saturated heterocycles. The Labute approximate surface area is 187 Å². The van der Waals surface area contributed by atoms with Gasteiger partial charge in [0.2, 0.25) is 0 Å². The van der Waals surface area contributed by atoms with E-state index in [0.717, 1.165) is 11.1 Å². The first kappa shape index (κ1) is 21.5. The number of nitrogens with one attached hydrogen (secondary N) is 1. The van der Waals surface area contributed by atoms with Crippen molar-refractivity contribution < 1.29 is 13.9 Å². The summed E-state index contributed by atoms with van der Waals surface area (Å²) in [6, 6.07) is 13.7. The van der Waals surface area contributed by atoms with Gasteiger partial charge in [0.15, 0.2) is 5.16 Å². The molecule has 162 valence electrons. The molecule has 4 aromatic rings. The zero-order chi connectivity index (χ0) is 22.3. The van der Waals surface area contributed by atoms with Gasteiger partial charge in [-0.1, -0.05) is 23.9 Å². The number of thioether (sulfide) groups is 1. The number of methoxy groups -OCH3 is 1. The van der Waals surface area contributed by atoms with Crippen LogP contribution in [-0.4, -0.2) is 27.0 Å². The van der Waals surface area contributed by atoms with Crippen molar-refractivity contribution in [2.45, 2.75) is 17.3 Å². The monoisotopic (exact) mass is 450 g/mol. The number of ether oxygens (including phenoxy) is 2. The molecule has 2 aromatic carbocycles. The van der Waals surface area contributed by atoms with Crippen molar-refractivity contribution in [1.82, 2.24) is 19.9 Å². The van der Waals surface area contributed by atoms with Crippen LogP contribution in [0.15, 0.2) is 77.1 Å². The number of rotatable bonds is 8. The van der Waals surface area contributed by atoms with Crippen molar-refractivity contribution >= 4 is 11.8 Å². The van der Waals surface area contributed by atoms with Crippen LogP contribution in [0.1, 0.15) is 16.7 Å². The molecular weight excluding hydrogens is 431 g/mol. The van der Waals surface area contributed by atoms with Crippen molar-refractivity contribution in [1.29, 1.82) is 0 Å². The zero-order valence-electron chi connectivity index (χ0n) is 17.1. The Morgan fingerprint density at radius 2 is 1.62 bits per heavy atom. The van der Waals surface area contributed by atoms with Gasteiger partial charge in [-0.25, -0.2) is 14.4 Å². The minimum atomic E-state index is -0.306. The summed E-state index contributed by atoms with van der Waals surface area (Å²) in [5.74, 6) is 1.55. The molecule has 0 radical (unpaired) electrons. The van der Waals surface area contributed by atoms with Crippen molar-refractivity contribution in [3.63, 3.8) is 0 Å². The lowest BCUT2D eigenvalue weighted by molar-refractivity contribution is 0.379. The Hall–Kier alpha value is -3.72. The molecule has 2 heterocycles. The van der Waals surface area contributed by atoms with Gasteiger partial charge < -0.3 is 14.5 Å². The fraction of sp³-hybridized carbons (Fsp3) is 0.130. The summed E-state index contributed by atoms with van der Waals surface area (Å²) >= 11 is 1.43. The highest BCUT2D eigenvalue weighted by atomic mass is 32.2. The summed E-state index contributed by atoms with van der Waals surface area (Å²) in [4.78, 5) is 27.7. The number of hydrogen-bond acceptors (Lipinski definition) is 7. The van der Waals surface area contributed by atoms with Gasteiger partial charge in [-0.2, -0.15) is 4.98 Å². The molecule has 32 heavy (non-hydrogen) atoms. The molecule has 0 spiro atoms. The van der Waals surface area contributed by atoms with Gasteiger partial charge in [-0.05, 0) is 47.5 Å². The Morgan fingerprint density at radius 3 is 2.25 bits per heavy atom. The normalized spacial score (nSPS) is 10.7. The van der Waals surface area contributed by atoms with E-state index in [1.54, 1.807) is 30.7 Å². The second-order valence-electron chi connectivity index (χ2n) is 6.78. The summed E-state index contributed by atoms with van der Waals surface area (Å²) in [5.41, 5.74) is 2.08. The predicted molar refractivity (Wildman–Crippen MR) is 119 cm³/mol. The maximum absolute atomic E-state index is 13.0. The van der Waals surface area contributed by atoms with Gasteiger partial charge >= 0.3 is 6.01 Å². The third-order valence-corrected chi connectivity index (χ3v) is 5.41. The van der Waals surface area contributed by atoms with Gasteiger partial charge in [0.1, 0.15) is 17.3 Å². The van der Waals surface area contributed by atoms with Crippen LogP contribution in [0.5, 0.6) is 17.5 Å². The van der Waals surface area contributed by atoms with Crippen LogP contribution in [0.4, 0.5) is 4.39 Å². The third-order valence-electron chi connectivity index (χ3n) is 4.45. The zero-order valence-corrected chi connectivity index (χ0v) is 17.9. The molecule has 0 aliphatic heterocycles. The predicted octanol–water partition coefficient (Wildman–Crippen LogP) is 4.38. The number of H-pyrrole nitrogens is 1. The summed E-state index contributed by atoms with van der Waals surface area (Å²) in [7, 11) is 1.50. The van der Waals surface area contributed by atoms with E-state index in [1.165, 1.54) is 31.0 Å². The van der Waals surface area contributed by atoms with Gasteiger partial charge in [0.25, 0.3) is 5.56 Å². The second kappa shape index (κ2) is 10.1. The van der Waals surface area contributed by atoms with Crippen LogP contribution in [0.25, 0.3) is 0 Å². The maximum atomic E-state index is 13.0. The van der Waals surface area contributed by atoms with Crippen molar-refractivity contribution in [3.8, 4) is 17.5 Å². The fourth-order valence-electron chi connectivity index (χ4n) is 2.81. The van der Waals surface area contributed by atoms with Crippen LogP contribution in [-0.2, 0) is 12.2 Å². The fourth-order valence-corrected chi connectivity index (χ4v) is 3.60. The molecule has 0 bridgehead atoms. The van der Waals surface area contributed by atoms with Crippen LogP contribution < -0.4 is 15.0 Å².